The van der Waals surface area contributed by atoms with Crippen LogP contribution in [0.5, 0.6) is 0 Å². The number of rotatable bonds is 6. The first-order chi connectivity index (χ1) is 14.6. The van der Waals surface area contributed by atoms with E-state index in [0.717, 1.165) is 35.5 Å². The van der Waals surface area contributed by atoms with E-state index >= 15 is 0 Å². The molecule has 1 aromatic heterocycles. The summed E-state index contributed by atoms with van der Waals surface area (Å²) in [4.78, 5) is 28.8. The Morgan fingerprint density at radius 2 is 1.93 bits per heavy atom. The monoisotopic (exact) mass is 428 g/mol. The van der Waals surface area contributed by atoms with Crippen LogP contribution in [-0.2, 0) is 14.3 Å². The lowest BCUT2D eigenvalue weighted by atomic mass is 10.1. The van der Waals surface area contributed by atoms with Crippen LogP contribution in [0.25, 0.3) is 10.4 Å². The third kappa shape index (κ3) is 4.74. The highest BCUT2D eigenvalue weighted by Crippen LogP contribution is 2.40. The molecule has 0 bridgehead atoms. The number of ether oxygens (including phenoxy) is 2. The summed E-state index contributed by atoms with van der Waals surface area (Å²) in [6.45, 7) is 4.99. The molecule has 2 aromatic rings. The molecule has 2 saturated heterocycles. The van der Waals surface area contributed by atoms with Crippen molar-refractivity contribution in [3.8, 4) is 10.4 Å². The van der Waals surface area contributed by atoms with Crippen molar-refractivity contribution in [3.05, 3.63) is 41.5 Å². The number of nitrogens with zero attached hydrogens (tertiary/aromatic N) is 1. The van der Waals surface area contributed by atoms with Crippen LogP contribution in [0, 0.1) is 6.92 Å². The van der Waals surface area contributed by atoms with Crippen molar-refractivity contribution in [1.29, 1.82) is 0 Å². The molecule has 0 saturated carbocycles. The molecule has 0 aliphatic carbocycles. The molecule has 1 unspecified atom stereocenters. The summed E-state index contributed by atoms with van der Waals surface area (Å²) in [6.07, 6.45) is 3.37. The van der Waals surface area contributed by atoms with Gasteiger partial charge < -0.3 is 19.7 Å². The number of anilines is 1. The Bertz CT molecular complexity index is 884. The smallest absolute Gasteiger partial charge is 0.257 e. The van der Waals surface area contributed by atoms with E-state index in [0.29, 0.717) is 49.7 Å². The topological polar surface area (TPSA) is 67.9 Å². The van der Waals surface area contributed by atoms with Crippen LogP contribution in [0.3, 0.4) is 0 Å². The van der Waals surface area contributed by atoms with Gasteiger partial charge in [0.25, 0.3) is 5.91 Å². The van der Waals surface area contributed by atoms with Gasteiger partial charge in [0.05, 0.1) is 24.9 Å². The lowest BCUT2D eigenvalue weighted by Crippen LogP contribution is -2.41. The van der Waals surface area contributed by atoms with Crippen LogP contribution >= 0.6 is 11.3 Å². The summed E-state index contributed by atoms with van der Waals surface area (Å²) < 4.78 is 11.0. The lowest BCUT2D eigenvalue weighted by Gasteiger charge is -2.27. The van der Waals surface area contributed by atoms with Gasteiger partial charge in [0.15, 0.2) is 0 Å². The standard InChI is InChI=1S/C23H28N2O4S/c1-16-20(23(27)25-11-14-28-15-12-25)22(30-21(16)17-6-3-2-4-7-17)24-19(26)10-9-18-8-5-13-29-18/h2-4,6-7,18H,5,8-15H2,1H3,(H,24,26). The molecule has 0 spiro atoms. The number of amides is 2. The SMILES string of the molecule is Cc1c(-c2ccccc2)sc(NC(=O)CCC2CCCO2)c1C(=O)N1CCOCC1. The Morgan fingerprint density at radius 3 is 2.63 bits per heavy atom. The van der Waals surface area contributed by atoms with Gasteiger partial charge in [-0.1, -0.05) is 30.3 Å². The summed E-state index contributed by atoms with van der Waals surface area (Å²) in [6, 6.07) is 10.0. The third-order valence-electron chi connectivity index (χ3n) is 5.67. The predicted molar refractivity (Wildman–Crippen MR) is 118 cm³/mol. The summed E-state index contributed by atoms with van der Waals surface area (Å²) in [5.41, 5.74) is 2.57. The van der Waals surface area contributed by atoms with Crippen molar-refractivity contribution in [3.63, 3.8) is 0 Å². The zero-order valence-corrected chi connectivity index (χ0v) is 18.1. The van der Waals surface area contributed by atoms with E-state index in [1.807, 2.05) is 42.2 Å². The third-order valence-corrected chi connectivity index (χ3v) is 6.92. The van der Waals surface area contributed by atoms with E-state index in [1.165, 1.54) is 11.3 Å². The van der Waals surface area contributed by atoms with Crippen molar-refractivity contribution in [2.45, 2.75) is 38.7 Å². The maximum Gasteiger partial charge on any atom is 0.257 e. The van der Waals surface area contributed by atoms with E-state index in [2.05, 4.69) is 5.32 Å². The van der Waals surface area contributed by atoms with E-state index < -0.39 is 0 Å². The number of morpholine rings is 1. The second-order valence-corrected chi connectivity index (χ2v) is 8.77. The van der Waals surface area contributed by atoms with E-state index in [4.69, 9.17) is 9.47 Å². The highest BCUT2D eigenvalue weighted by atomic mass is 32.1. The zero-order valence-electron chi connectivity index (χ0n) is 17.3. The average Bonchev–Trinajstić information content (AvgIpc) is 3.41. The molecule has 2 amide bonds. The van der Waals surface area contributed by atoms with Crippen LogP contribution in [0.4, 0.5) is 5.00 Å². The van der Waals surface area contributed by atoms with Gasteiger partial charge in [-0.3, -0.25) is 9.59 Å². The minimum Gasteiger partial charge on any atom is -0.378 e. The molecular weight excluding hydrogens is 400 g/mol. The first-order valence-electron chi connectivity index (χ1n) is 10.6. The fourth-order valence-corrected chi connectivity index (χ4v) is 5.22. The quantitative estimate of drug-likeness (QED) is 0.752. The van der Waals surface area contributed by atoms with Crippen LogP contribution in [0.2, 0.25) is 0 Å². The van der Waals surface area contributed by atoms with Crippen molar-refractivity contribution >= 4 is 28.2 Å². The van der Waals surface area contributed by atoms with Crippen LogP contribution in [0.15, 0.2) is 30.3 Å². The Kier molecular flexibility index (Phi) is 6.82. The van der Waals surface area contributed by atoms with Gasteiger partial charge in [-0.15, -0.1) is 11.3 Å². The second-order valence-electron chi connectivity index (χ2n) is 7.75. The molecule has 1 aromatic carbocycles. The maximum atomic E-state index is 13.3. The minimum atomic E-state index is -0.0672. The number of hydrogen-bond acceptors (Lipinski definition) is 5. The number of thiophene rings is 1. The fraction of sp³-hybridized carbons (Fsp3) is 0.478. The molecule has 0 radical (unpaired) electrons. The number of hydrogen-bond donors (Lipinski definition) is 1. The molecule has 2 aliphatic heterocycles. The van der Waals surface area contributed by atoms with E-state index in [1.54, 1.807) is 0 Å². The van der Waals surface area contributed by atoms with Gasteiger partial charge in [-0.2, -0.15) is 0 Å². The molecule has 1 N–H and O–H groups in total. The van der Waals surface area contributed by atoms with E-state index in [-0.39, 0.29) is 17.9 Å². The Hall–Kier alpha value is -2.22. The summed E-state index contributed by atoms with van der Waals surface area (Å²) >= 11 is 1.48. The molecule has 160 valence electrons. The Morgan fingerprint density at radius 1 is 1.17 bits per heavy atom. The highest BCUT2D eigenvalue weighted by molar-refractivity contribution is 7.20. The Balaban J connectivity index is 1.58. The first-order valence-corrected chi connectivity index (χ1v) is 11.4. The van der Waals surface area contributed by atoms with Gasteiger partial charge >= 0.3 is 0 Å². The molecule has 3 heterocycles. The molecule has 2 fully saturated rings. The molecule has 4 rings (SSSR count). The van der Waals surface area contributed by atoms with Crippen LogP contribution in [-0.4, -0.2) is 55.7 Å². The summed E-state index contributed by atoms with van der Waals surface area (Å²) in [7, 11) is 0. The molecule has 1 atom stereocenters. The second kappa shape index (κ2) is 9.73. The van der Waals surface area contributed by atoms with E-state index in [9.17, 15) is 9.59 Å². The lowest BCUT2D eigenvalue weighted by molar-refractivity contribution is -0.116. The largest absolute Gasteiger partial charge is 0.378 e. The van der Waals surface area contributed by atoms with Crippen LogP contribution < -0.4 is 5.32 Å². The predicted octanol–water partition coefficient (Wildman–Crippen LogP) is 4.09. The molecule has 7 heteroatoms. The number of nitrogens with one attached hydrogen (secondary N) is 1. The van der Waals surface area contributed by atoms with Crippen molar-refractivity contribution in [2.75, 3.05) is 38.2 Å². The van der Waals surface area contributed by atoms with Crippen molar-refractivity contribution < 1.29 is 19.1 Å². The van der Waals surface area contributed by atoms with Gasteiger partial charge in [-0.25, -0.2) is 0 Å². The fourth-order valence-electron chi connectivity index (χ4n) is 4.00. The minimum absolute atomic E-state index is 0.0383. The molecule has 2 aliphatic rings. The Labute approximate surface area is 181 Å². The van der Waals surface area contributed by atoms with Crippen LogP contribution in [0.1, 0.15) is 41.6 Å². The van der Waals surface area contributed by atoms with Crippen molar-refractivity contribution in [1.82, 2.24) is 4.90 Å². The van der Waals surface area contributed by atoms with Crippen molar-refractivity contribution in [2.24, 2.45) is 0 Å². The summed E-state index contributed by atoms with van der Waals surface area (Å²) in [5, 5.41) is 3.67. The van der Waals surface area contributed by atoms with Gasteiger partial charge in [0, 0.05) is 31.0 Å². The molecular formula is C23H28N2O4S. The summed E-state index contributed by atoms with van der Waals surface area (Å²) in [5.74, 6) is -0.106. The van der Waals surface area contributed by atoms with Gasteiger partial charge in [-0.05, 0) is 37.3 Å². The average molecular weight is 429 g/mol. The van der Waals surface area contributed by atoms with Gasteiger partial charge in [0.1, 0.15) is 5.00 Å². The zero-order chi connectivity index (χ0) is 20.9. The van der Waals surface area contributed by atoms with Gasteiger partial charge in [0.2, 0.25) is 5.91 Å². The number of carbonyl (C=O) groups excluding carboxylic acids is 2. The maximum absolute atomic E-state index is 13.3. The molecule has 30 heavy (non-hydrogen) atoms. The number of carbonyl (C=O) groups is 2. The highest BCUT2D eigenvalue weighted by Gasteiger charge is 2.28. The molecule has 6 nitrogen and oxygen atoms in total. The first kappa shape index (κ1) is 21.0. The normalized spacial score (nSPS) is 19.1. The number of benzene rings is 1.